The minimum Gasteiger partial charge on any atom is -0.392 e. The van der Waals surface area contributed by atoms with Crippen molar-refractivity contribution in [2.75, 3.05) is 0 Å². The minimum absolute atomic E-state index is 0.161. The predicted octanol–water partition coefficient (Wildman–Crippen LogP) is 2.87. The summed E-state index contributed by atoms with van der Waals surface area (Å²) >= 11 is 0. The van der Waals surface area contributed by atoms with E-state index in [0.29, 0.717) is 5.92 Å². The first kappa shape index (κ1) is 10.6. The van der Waals surface area contributed by atoms with E-state index in [4.69, 9.17) is 0 Å². The first-order chi connectivity index (χ1) is 7.09. The number of rotatable bonds is 1. The molecule has 0 aliphatic heterocycles. The van der Waals surface area contributed by atoms with Crippen LogP contribution in [0, 0.1) is 11.7 Å². The summed E-state index contributed by atoms with van der Waals surface area (Å²) in [6.07, 6.45) is 1.26. The van der Waals surface area contributed by atoms with Crippen LogP contribution < -0.4 is 0 Å². The van der Waals surface area contributed by atoms with E-state index in [2.05, 4.69) is 13.8 Å². The monoisotopic (exact) mass is 208 g/mol. The highest BCUT2D eigenvalue weighted by Gasteiger charge is 2.30. The summed E-state index contributed by atoms with van der Waals surface area (Å²) in [5.41, 5.74) is 2.20. The van der Waals surface area contributed by atoms with Gasteiger partial charge in [-0.15, -0.1) is 0 Å². The van der Waals surface area contributed by atoms with Crippen molar-refractivity contribution >= 4 is 0 Å². The first-order valence-electron chi connectivity index (χ1n) is 5.56. The van der Waals surface area contributed by atoms with Crippen molar-refractivity contribution in [3.05, 3.63) is 35.1 Å². The Morgan fingerprint density at radius 1 is 1.40 bits per heavy atom. The van der Waals surface area contributed by atoms with Crippen LogP contribution in [0.5, 0.6) is 0 Å². The van der Waals surface area contributed by atoms with E-state index >= 15 is 0 Å². The number of halogens is 1. The van der Waals surface area contributed by atoms with Crippen LogP contribution in [0.3, 0.4) is 0 Å². The van der Waals surface area contributed by atoms with Gasteiger partial charge in [-0.05, 0) is 42.0 Å². The molecule has 1 N–H and O–H groups in total. The van der Waals surface area contributed by atoms with Crippen LogP contribution in [0.1, 0.15) is 37.3 Å². The smallest absolute Gasteiger partial charge is 0.123 e. The van der Waals surface area contributed by atoms with Gasteiger partial charge >= 0.3 is 0 Å². The molecule has 0 amide bonds. The number of aliphatic hydroxyl groups is 1. The molecule has 15 heavy (non-hydrogen) atoms. The molecule has 0 spiro atoms. The third-order valence-electron chi connectivity index (χ3n) is 3.31. The Balaban J connectivity index is 2.43. The Kier molecular flexibility index (Phi) is 2.79. The average Bonchev–Trinajstić information content (AvgIpc) is 2.17. The zero-order valence-electron chi connectivity index (χ0n) is 9.20. The van der Waals surface area contributed by atoms with Crippen LogP contribution in [-0.2, 0) is 6.42 Å². The molecule has 0 aromatic heterocycles. The normalized spacial score (nSPS) is 25.4. The van der Waals surface area contributed by atoms with Crippen LogP contribution in [0.4, 0.5) is 4.39 Å². The van der Waals surface area contributed by atoms with Crippen molar-refractivity contribution < 1.29 is 9.50 Å². The van der Waals surface area contributed by atoms with Crippen molar-refractivity contribution in [1.82, 2.24) is 0 Å². The molecule has 1 aromatic rings. The van der Waals surface area contributed by atoms with Gasteiger partial charge in [-0.1, -0.05) is 19.9 Å². The summed E-state index contributed by atoms with van der Waals surface area (Å²) in [7, 11) is 0. The van der Waals surface area contributed by atoms with E-state index < -0.39 is 0 Å². The molecule has 1 aliphatic carbocycles. The van der Waals surface area contributed by atoms with Crippen LogP contribution in [0.15, 0.2) is 18.2 Å². The number of aliphatic hydroxyl groups excluding tert-OH is 1. The highest BCUT2D eigenvalue weighted by molar-refractivity contribution is 5.34. The first-order valence-corrected chi connectivity index (χ1v) is 5.56. The summed E-state index contributed by atoms with van der Waals surface area (Å²) in [4.78, 5) is 0. The molecule has 0 saturated heterocycles. The fourth-order valence-corrected chi connectivity index (χ4v) is 2.61. The second-order valence-electron chi connectivity index (χ2n) is 4.72. The zero-order valence-corrected chi connectivity index (χ0v) is 9.20. The predicted molar refractivity (Wildman–Crippen MR) is 58.3 cm³/mol. The minimum atomic E-state index is -0.275. The molecule has 0 fully saturated rings. The fraction of sp³-hybridized carbons (Fsp3) is 0.538. The molecule has 1 aromatic carbocycles. The second kappa shape index (κ2) is 3.93. The molecule has 0 radical (unpaired) electrons. The maximum absolute atomic E-state index is 13.1. The van der Waals surface area contributed by atoms with Gasteiger partial charge in [0.25, 0.3) is 0 Å². The third kappa shape index (κ3) is 1.91. The standard InChI is InChI=1S/C13H17FO/c1-8(2)13-11-5-4-10(14)7-9(11)3-6-12(13)15/h4-5,7-8,12-13,15H,3,6H2,1-2H3. The van der Waals surface area contributed by atoms with Gasteiger partial charge < -0.3 is 5.11 Å². The van der Waals surface area contributed by atoms with Gasteiger partial charge in [0.1, 0.15) is 5.82 Å². The Morgan fingerprint density at radius 3 is 2.80 bits per heavy atom. The van der Waals surface area contributed by atoms with Gasteiger partial charge in [-0.2, -0.15) is 0 Å². The molecule has 0 bridgehead atoms. The van der Waals surface area contributed by atoms with Gasteiger partial charge in [0.15, 0.2) is 0 Å². The number of fused-ring (bicyclic) bond motifs is 1. The van der Waals surface area contributed by atoms with Gasteiger partial charge in [0.05, 0.1) is 6.10 Å². The zero-order chi connectivity index (χ0) is 11.0. The molecule has 2 heteroatoms. The Labute approximate surface area is 89.9 Å². The van der Waals surface area contributed by atoms with Crippen LogP contribution in [0.25, 0.3) is 0 Å². The maximum atomic E-state index is 13.1. The molecule has 2 atom stereocenters. The highest BCUT2D eigenvalue weighted by atomic mass is 19.1. The average molecular weight is 208 g/mol. The van der Waals surface area contributed by atoms with Crippen molar-refractivity contribution in [3.8, 4) is 0 Å². The quantitative estimate of drug-likeness (QED) is 0.752. The van der Waals surface area contributed by atoms with E-state index in [0.717, 1.165) is 24.0 Å². The number of benzene rings is 1. The summed E-state index contributed by atoms with van der Waals surface area (Å²) in [6.45, 7) is 4.21. The van der Waals surface area contributed by atoms with E-state index in [1.165, 1.54) is 6.07 Å². The van der Waals surface area contributed by atoms with Gasteiger partial charge in [-0.25, -0.2) is 4.39 Å². The number of aryl methyl sites for hydroxylation is 1. The van der Waals surface area contributed by atoms with E-state index in [1.807, 2.05) is 6.07 Å². The Hall–Kier alpha value is -0.890. The SMILES string of the molecule is CC(C)C1c2ccc(F)cc2CCC1O. The lowest BCUT2D eigenvalue weighted by Gasteiger charge is -2.33. The van der Waals surface area contributed by atoms with Gasteiger partial charge in [-0.3, -0.25) is 0 Å². The molecule has 0 saturated carbocycles. The Bertz CT molecular complexity index is 360. The third-order valence-corrected chi connectivity index (χ3v) is 3.31. The van der Waals surface area contributed by atoms with Gasteiger partial charge in [0, 0.05) is 5.92 Å². The van der Waals surface area contributed by atoms with Crippen LogP contribution in [-0.4, -0.2) is 11.2 Å². The van der Waals surface area contributed by atoms with Crippen LogP contribution >= 0.6 is 0 Å². The lowest BCUT2D eigenvalue weighted by Crippen LogP contribution is -2.28. The topological polar surface area (TPSA) is 20.2 Å². The molecule has 82 valence electrons. The summed E-state index contributed by atoms with van der Waals surface area (Å²) in [5, 5.41) is 9.96. The van der Waals surface area contributed by atoms with Crippen LogP contribution in [0.2, 0.25) is 0 Å². The summed E-state index contributed by atoms with van der Waals surface area (Å²) in [5.74, 6) is 0.381. The number of hydrogen-bond acceptors (Lipinski definition) is 1. The van der Waals surface area contributed by atoms with Crippen molar-refractivity contribution in [2.24, 2.45) is 5.92 Å². The van der Waals surface area contributed by atoms with Crippen molar-refractivity contribution in [2.45, 2.75) is 38.7 Å². The van der Waals surface area contributed by atoms with Crippen molar-refractivity contribution in [1.29, 1.82) is 0 Å². The molecule has 1 aliphatic rings. The molecule has 0 heterocycles. The molecular weight excluding hydrogens is 191 g/mol. The largest absolute Gasteiger partial charge is 0.392 e. The van der Waals surface area contributed by atoms with E-state index in [9.17, 15) is 9.50 Å². The lowest BCUT2D eigenvalue weighted by atomic mass is 9.75. The molecular formula is C13H17FO. The summed E-state index contributed by atoms with van der Waals surface area (Å²) in [6, 6.07) is 4.93. The Morgan fingerprint density at radius 2 is 2.13 bits per heavy atom. The summed E-state index contributed by atoms with van der Waals surface area (Å²) < 4.78 is 13.1. The van der Waals surface area contributed by atoms with E-state index in [-0.39, 0.29) is 17.8 Å². The maximum Gasteiger partial charge on any atom is 0.123 e. The van der Waals surface area contributed by atoms with Gasteiger partial charge in [0.2, 0.25) is 0 Å². The molecule has 2 rings (SSSR count). The second-order valence-corrected chi connectivity index (χ2v) is 4.72. The molecule has 1 nitrogen and oxygen atoms in total. The lowest BCUT2D eigenvalue weighted by molar-refractivity contribution is 0.106. The van der Waals surface area contributed by atoms with E-state index in [1.54, 1.807) is 6.07 Å². The number of hydrogen-bond donors (Lipinski definition) is 1. The van der Waals surface area contributed by atoms with Crippen molar-refractivity contribution in [3.63, 3.8) is 0 Å². The molecule has 2 unspecified atom stereocenters. The highest BCUT2D eigenvalue weighted by Crippen LogP contribution is 2.37. The fourth-order valence-electron chi connectivity index (χ4n) is 2.61.